The van der Waals surface area contributed by atoms with E-state index >= 15 is 0 Å². The molecule has 0 aliphatic carbocycles. The first kappa shape index (κ1) is 14.4. The molecule has 2 aliphatic heterocycles. The van der Waals surface area contributed by atoms with Crippen LogP contribution in [0.25, 0.3) is 0 Å². The fourth-order valence-electron chi connectivity index (χ4n) is 3.82. The zero-order valence-electron chi connectivity index (χ0n) is 11.5. The third kappa shape index (κ3) is 2.49. The van der Waals surface area contributed by atoms with E-state index in [1.807, 2.05) is 25.1 Å². The van der Waals surface area contributed by atoms with Crippen molar-refractivity contribution in [2.75, 3.05) is 0 Å². The topological polar surface area (TPSA) is 29.1 Å². The van der Waals surface area contributed by atoms with Crippen LogP contribution >= 0.6 is 23.2 Å². The second kappa shape index (κ2) is 5.67. The smallest absolute Gasteiger partial charge is 0.137 e. The van der Waals surface area contributed by atoms with Gasteiger partial charge in [-0.3, -0.25) is 4.79 Å². The van der Waals surface area contributed by atoms with Crippen molar-refractivity contribution in [3.05, 3.63) is 33.8 Å². The van der Waals surface area contributed by atoms with Gasteiger partial charge < -0.3 is 5.32 Å². The van der Waals surface area contributed by atoms with Crippen molar-refractivity contribution in [1.82, 2.24) is 5.32 Å². The van der Waals surface area contributed by atoms with Crippen LogP contribution in [-0.4, -0.2) is 17.9 Å². The van der Waals surface area contributed by atoms with Gasteiger partial charge in [0.25, 0.3) is 0 Å². The largest absolute Gasteiger partial charge is 0.310 e. The number of carbonyl (C=O) groups is 1. The van der Waals surface area contributed by atoms with E-state index in [4.69, 9.17) is 23.2 Å². The van der Waals surface area contributed by atoms with Crippen molar-refractivity contribution in [3.8, 4) is 0 Å². The lowest BCUT2D eigenvalue weighted by molar-refractivity contribution is -0.124. The molecule has 0 saturated carbocycles. The van der Waals surface area contributed by atoms with E-state index in [2.05, 4.69) is 5.32 Å². The van der Waals surface area contributed by atoms with Gasteiger partial charge in [-0.1, -0.05) is 36.2 Å². The van der Waals surface area contributed by atoms with E-state index < -0.39 is 0 Å². The van der Waals surface area contributed by atoms with Crippen LogP contribution in [0.15, 0.2) is 18.2 Å². The molecule has 2 bridgehead atoms. The number of rotatable bonds is 3. The average molecular weight is 312 g/mol. The Kier molecular flexibility index (Phi) is 4.07. The summed E-state index contributed by atoms with van der Waals surface area (Å²) in [5.74, 6) is 0.714. The summed E-state index contributed by atoms with van der Waals surface area (Å²) in [5.41, 5.74) is 1.16. The van der Waals surface area contributed by atoms with Gasteiger partial charge >= 0.3 is 0 Å². The average Bonchev–Trinajstić information content (AvgIpc) is 2.82. The van der Waals surface area contributed by atoms with Crippen molar-refractivity contribution in [2.24, 2.45) is 5.92 Å². The van der Waals surface area contributed by atoms with Crippen molar-refractivity contribution >= 4 is 29.0 Å². The molecule has 0 radical (unpaired) electrons. The third-order valence-electron chi connectivity index (χ3n) is 4.77. The molecule has 1 N–H and O–H groups in total. The van der Waals surface area contributed by atoms with Gasteiger partial charge in [0.15, 0.2) is 0 Å². The number of hydrogen-bond donors (Lipinski definition) is 1. The number of ketones is 1. The third-order valence-corrected chi connectivity index (χ3v) is 5.51. The van der Waals surface area contributed by atoms with Gasteiger partial charge in [-0.05, 0) is 42.9 Å². The van der Waals surface area contributed by atoms with Gasteiger partial charge in [0.05, 0.1) is 10.0 Å². The lowest BCUT2D eigenvalue weighted by Gasteiger charge is -2.37. The van der Waals surface area contributed by atoms with Crippen molar-refractivity contribution in [2.45, 2.75) is 50.6 Å². The molecule has 2 aliphatic rings. The van der Waals surface area contributed by atoms with E-state index in [1.54, 1.807) is 0 Å². The SMILES string of the molecule is CCC(=O)[C@@H]1[C@@H]2CCC(C[C@H]1c1ccc(Cl)c(Cl)c1)N2. The number of Topliss-reactive ketones (excluding diaryl/α,β-unsaturated/α-hetero) is 1. The second-order valence-corrected chi connectivity index (χ2v) is 6.72. The Balaban J connectivity index is 1.96. The zero-order valence-corrected chi connectivity index (χ0v) is 13.0. The van der Waals surface area contributed by atoms with E-state index in [-0.39, 0.29) is 11.8 Å². The minimum absolute atomic E-state index is 0.0796. The van der Waals surface area contributed by atoms with Crippen LogP contribution in [0, 0.1) is 5.92 Å². The lowest BCUT2D eigenvalue weighted by atomic mass is 9.74. The van der Waals surface area contributed by atoms with E-state index in [0.717, 1.165) is 18.4 Å². The van der Waals surface area contributed by atoms with Crippen LogP contribution in [0.3, 0.4) is 0 Å². The fraction of sp³-hybridized carbons (Fsp3) is 0.562. The van der Waals surface area contributed by atoms with Gasteiger partial charge in [-0.25, -0.2) is 0 Å². The minimum atomic E-state index is 0.0796. The summed E-state index contributed by atoms with van der Waals surface area (Å²) < 4.78 is 0. The maximum Gasteiger partial charge on any atom is 0.137 e. The number of benzene rings is 1. The van der Waals surface area contributed by atoms with Crippen molar-refractivity contribution in [1.29, 1.82) is 0 Å². The highest BCUT2D eigenvalue weighted by Gasteiger charge is 2.44. The Morgan fingerprint density at radius 3 is 2.80 bits per heavy atom. The first-order chi connectivity index (χ1) is 9.60. The summed E-state index contributed by atoms with van der Waals surface area (Å²) in [6, 6.07) is 6.69. The Bertz CT molecular complexity index is 531. The zero-order chi connectivity index (χ0) is 14.3. The van der Waals surface area contributed by atoms with E-state index in [0.29, 0.717) is 34.3 Å². The van der Waals surface area contributed by atoms with E-state index in [1.165, 1.54) is 6.42 Å². The molecule has 1 unspecified atom stereocenters. The number of nitrogens with one attached hydrogen (secondary N) is 1. The Morgan fingerprint density at radius 1 is 1.30 bits per heavy atom. The standard InChI is InChI=1S/C16H19Cl2NO/c1-2-15(20)16-11(8-10-4-6-14(16)19-10)9-3-5-12(17)13(18)7-9/h3,5,7,10-11,14,16,19H,2,4,6,8H2,1H3/t10?,11-,14-,16-/m0/s1. The quantitative estimate of drug-likeness (QED) is 0.906. The summed E-state index contributed by atoms with van der Waals surface area (Å²) in [4.78, 5) is 12.4. The molecule has 1 aromatic carbocycles. The van der Waals surface area contributed by atoms with Gasteiger partial charge in [-0.15, -0.1) is 0 Å². The molecule has 2 nitrogen and oxygen atoms in total. The van der Waals surface area contributed by atoms with Crippen molar-refractivity contribution in [3.63, 3.8) is 0 Å². The second-order valence-electron chi connectivity index (χ2n) is 5.91. The fourth-order valence-corrected chi connectivity index (χ4v) is 4.13. The van der Waals surface area contributed by atoms with Crippen LogP contribution in [0.4, 0.5) is 0 Å². The summed E-state index contributed by atoms with van der Waals surface area (Å²) in [6.45, 7) is 1.95. The molecule has 20 heavy (non-hydrogen) atoms. The first-order valence-electron chi connectivity index (χ1n) is 7.34. The monoisotopic (exact) mass is 311 g/mol. The molecular formula is C16H19Cl2NO. The maximum atomic E-state index is 12.4. The predicted molar refractivity (Wildman–Crippen MR) is 82.6 cm³/mol. The molecule has 1 aromatic rings. The highest BCUT2D eigenvalue weighted by atomic mass is 35.5. The van der Waals surface area contributed by atoms with E-state index in [9.17, 15) is 4.79 Å². The molecule has 0 amide bonds. The molecule has 3 rings (SSSR count). The van der Waals surface area contributed by atoms with Crippen LogP contribution in [0.2, 0.25) is 10.0 Å². The first-order valence-corrected chi connectivity index (χ1v) is 8.09. The molecule has 4 heteroatoms. The molecule has 0 aromatic heterocycles. The van der Waals surface area contributed by atoms with Crippen LogP contribution in [0.1, 0.15) is 44.1 Å². The lowest BCUT2D eigenvalue weighted by Crippen LogP contribution is -2.47. The van der Waals surface area contributed by atoms with Crippen LogP contribution < -0.4 is 5.32 Å². The molecule has 2 saturated heterocycles. The number of halogens is 2. The summed E-state index contributed by atoms with van der Waals surface area (Å²) in [6.07, 6.45) is 3.91. The van der Waals surface area contributed by atoms with Gasteiger partial charge in [0.2, 0.25) is 0 Å². The molecule has 2 fully saturated rings. The van der Waals surface area contributed by atoms with Gasteiger partial charge in [-0.2, -0.15) is 0 Å². The molecule has 4 atom stereocenters. The highest BCUT2D eigenvalue weighted by Crippen LogP contribution is 2.43. The molecule has 108 valence electrons. The molecular weight excluding hydrogens is 293 g/mol. The normalized spacial score (nSPS) is 32.4. The molecule has 0 spiro atoms. The Labute approximate surface area is 129 Å². The van der Waals surface area contributed by atoms with Crippen LogP contribution in [-0.2, 0) is 4.79 Å². The summed E-state index contributed by atoms with van der Waals surface area (Å²) in [5, 5.41) is 4.76. The summed E-state index contributed by atoms with van der Waals surface area (Å²) in [7, 11) is 0. The number of hydrogen-bond acceptors (Lipinski definition) is 2. The Hall–Kier alpha value is -0.570. The minimum Gasteiger partial charge on any atom is -0.310 e. The number of carbonyl (C=O) groups excluding carboxylic acids is 1. The predicted octanol–water partition coefficient (Wildman–Crippen LogP) is 4.20. The van der Waals surface area contributed by atoms with Crippen LogP contribution in [0.5, 0.6) is 0 Å². The molecule has 2 heterocycles. The highest BCUT2D eigenvalue weighted by molar-refractivity contribution is 6.42. The number of fused-ring (bicyclic) bond motifs is 2. The van der Waals surface area contributed by atoms with Gasteiger partial charge in [0.1, 0.15) is 5.78 Å². The Morgan fingerprint density at radius 2 is 2.10 bits per heavy atom. The van der Waals surface area contributed by atoms with Crippen molar-refractivity contribution < 1.29 is 4.79 Å². The maximum absolute atomic E-state index is 12.4. The van der Waals surface area contributed by atoms with Gasteiger partial charge in [0, 0.05) is 24.4 Å². The summed E-state index contributed by atoms with van der Waals surface area (Å²) >= 11 is 12.2. The number of piperidine rings is 1.